The number of thiazole rings is 1. The molecular weight excluding hydrogens is 338 g/mol. The second-order valence-corrected chi connectivity index (χ2v) is 7.99. The van der Waals surface area contributed by atoms with Crippen molar-refractivity contribution in [1.29, 1.82) is 0 Å². The number of allylic oxidation sites excluding steroid dienone is 2. The fourth-order valence-corrected chi connectivity index (χ4v) is 4.20. The highest BCUT2D eigenvalue weighted by atomic mass is 32.1. The molecule has 25 heavy (non-hydrogen) atoms. The van der Waals surface area contributed by atoms with Gasteiger partial charge in [0.05, 0.1) is 17.5 Å². The number of amides is 3. The van der Waals surface area contributed by atoms with Crippen LogP contribution >= 0.6 is 11.3 Å². The van der Waals surface area contributed by atoms with Gasteiger partial charge in [0.15, 0.2) is 5.13 Å². The second kappa shape index (κ2) is 7.07. The molecule has 1 aliphatic carbocycles. The summed E-state index contributed by atoms with van der Waals surface area (Å²) in [6, 6.07) is -0.783. The van der Waals surface area contributed by atoms with Crippen LogP contribution in [0, 0.1) is 24.7 Å². The van der Waals surface area contributed by atoms with Gasteiger partial charge in [-0.05, 0) is 32.1 Å². The molecule has 2 heterocycles. The third-order valence-corrected chi connectivity index (χ3v) is 5.58. The highest BCUT2D eigenvalue weighted by Gasteiger charge is 2.51. The molecule has 7 heteroatoms. The quantitative estimate of drug-likeness (QED) is 0.646. The molecule has 3 amide bonds. The molecule has 134 valence electrons. The van der Waals surface area contributed by atoms with Crippen molar-refractivity contribution in [2.24, 2.45) is 17.8 Å². The lowest BCUT2D eigenvalue weighted by atomic mass is 9.85. The van der Waals surface area contributed by atoms with E-state index < -0.39 is 6.04 Å². The number of aromatic nitrogens is 1. The number of nitrogens with zero attached hydrogens (tertiary/aromatic N) is 2. The van der Waals surface area contributed by atoms with Crippen molar-refractivity contribution in [2.45, 2.75) is 46.1 Å². The number of hydrogen-bond donors (Lipinski definition) is 1. The summed E-state index contributed by atoms with van der Waals surface area (Å²) in [6.07, 6.45) is 5.50. The summed E-state index contributed by atoms with van der Waals surface area (Å²) in [4.78, 5) is 43.9. The van der Waals surface area contributed by atoms with E-state index in [9.17, 15) is 14.4 Å². The maximum absolute atomic E-state index is 12.8. The Balaban J connectivity index is 1.83. The van der Waals surface area contributed by atoms with E-state index in [0.29, 0.717) is 24.4 Å². The predicted molar refractivity (Wildman–Crippen MR) is 95.9 cm³/mol. The van der Waals surface area contributed by atoms with Gasteiger partial charge >= 0.3 is 0 Å². The summed E-state index contributed by atoms with van der Waals surface area (Å²) < 4.78 is 0. The Kier molecular flexibility index (Phi) is 5.03. The molecule has 3 atom stereocenters. The summed E-state index contributed by atoms with van der Waals surface area (Å²) >= 11 is 1.34. The number of likely N-dealkylation sites (tertiary alicyclic amines) is 1. The van der Waals surface area contributed by atoms with E-state index in [0.717, 1.165) is 5.69 Å². The Morgan fingerprint density at radius 1 is 1.28 bits per heavy atom. The van der Waals surface area contributed by atoms with Crippen LogP contribution in [0.2, 0.25) is 0 Å². The lowest BCUT2D eigenvalue weighted by Crippen LogP contribution is -2.48. The SMILES string of the molecule is Cc1csc(NC(=O)C(CC(C)C)N2C(=O)C3CC=CCC3C2=O)n1. The molecule has 0 saturated carbocycles. The van der Waals surface area contributed by atoms with Gasteiger partial charge in [-0.25, -0.2) is 4.98 Å². The van der Waals surface area contributed by atoms with Crippen LogP contribution in [0.4, 0.5) is 5.13 Å². The van der Waals surface area contributed by atoms with Crippen LogP contribution < -0.4 is 5.32 Å². The van der Waals surface area contributed by atoms with Crippen molar-refractivity contribution >= 4 is 34.2 Å². The second-order valence-electron chi connectivity index (χ2n) is 7.13. The topological polar surface area (TPSA) is 79.4 Å². The molecule has 0 aromatic carbocycles. The minimum absolute atomic E-state index is 0.176. The number of aryl methyl sites for hydroxylation is 1. The van der Waals surface area contributed by atoms with Crippen molar-refractivity contribution < 1.29 is 14.4 Å². The molecule has 1 fully saturated rings. The lowest BCUT2D eigenvalue weighted by Gasteiger charge is -2.26. The minimum Gasteiger partial charge on any atom is -0.300 e. The van der Waals surface area contributed by atoms with E-state index in [4.69, 9.17) is 0 Å². The fraction of sp³-hybridized carbons (Fsp3) is 0.556. The number of hydrogen-bond acceptors (Lipinski definition) is 5. The monoisotopic (exact) mass is 361 g/mol. The van der Waals surface area contributed by atoms with E-state index in [1.807, 2.05) is 38.3 Å². The Morgan fingerprint density at radius 2 is 1.88 bits per heavy atom. The van der Waals surface area contributed by atoms with Gasteiger partial charge in [-0.3, -0.25) is 19.3 Å². The number of rotatable bonds is 5. The molecular formula is C18H23N3O3S. The molecule has 3 rings (SSSR count). The molecule has 2 aliphatic rings. The molecule has 1 aliphatic heterocycles. The van der Waals surface area contributed by atoms with Crippen LogP contribution in [0.25, 0.3) is 0 Å². The normalized spacial score (nSPS) is 23.9. The first-order chi connectivity index (χ1) is 11.9. The molecule has 6 nitrogen and oxygen atoms in total. The zero-order chi connectivity index (χ0) is 18.1. The molecule has 1 saturated heterocycles. The van der Waals surface area contributed by atoms with Crippen LogP contribution in [0.5, 0.6) is 0 Å². The van der Waals surface area contributed by atoms with Crippen LogP contribution in [0.15, 0.2) is 17.5 Å². The van der Waals surface area contributed by atoms with Gasteiger partial charge < -0.3 is 5.32 Å². The Labute approximate surface area is 151 Å². The maximum atomic E-state index is 12.8. The highest BCUT2D eigenvalue weighted by Crippen LogP contribution is 2.37. The minimum atomic E-state index is -0.783. The van der Waals surface area contributed by atoms with Crippen molar-refractivity contribution in [2.75, 3.05) is 5.32 Å². The zero-order valence-corrected chi connectivity index (χ0v) is 15.5. The summed E-state index contributed by atoms with van der Waals surface area (Å²) in [5.74, 6) is -1.22. The summed E-state index contributed by atoms with van der Waals surface area (Å²) in [5, 5.41) is 5.12. The molecule has 0 bridgehead atoms. The summed E-state index contributed by atoms with van der Waals surface area (Å²) in [7, 11) is 0. The van der Waals surface area contributed by atoms with Crippen LogP contribution in [-0.4, -0.2) is 33.6 Å². The van der Waals surface area contributed by atoms with E-state index in [1.165, 1.54) is 16.2 Å². The van der Waals surface area contributed by atoms with E-state index in [-0.39, 0.29) is 35.5 Å². The van der Waals surface area contributed by atoms with Gasteiger partial charge in [-0.1, -0.05) is 26.0 Å². The maximum Gasteiger partial charge on any atom is 0.249 e. The van der Waals surface area contributed by atoms with Crippen molar-refractivity contribution in [1.82, 2.24) is 9.88 Å². The standard InChI is InChI=1S/C18H23N3O3S/c1-10(2)8-14(15(22)20-18-19-11(3)9-25-18)21-16(23)12-6-4-5-7-13(12)17(21)24/h4-5,9-10,12-14H,6-8H2,1-3H3,(H,19,20,22). The Hall–Kier alpha value is -2.02. The number of carbonyl (C=O) groups excluding carboxylic acids is 3. The summed E-state index contributed by atoms with van der Waals surface area (Å²) in [5.41, 5.74) is 0.825. The van der Waals surface area contributed by atoms with Crippen LogP contribution in [0.3, 0.4) is 0 Å². The first-order valence-corrected chi connectivity index (χ1v) is 9.51. The first-order valence-electron chi connectivity index (χ1n) is 8.63. The van der Waals surface area contributed by atoms with Gasteiger partial charge in [0.25, 0.3) is 0 Å². The van der Waals surface area contributed by atoms with Gasteiger partial charge in [-0.15, -0.1) is 11.3 Å². The zero-order valence-electron chi connectivity index (χ0n) is 14.7. The number of carbonyl (C=O) groups is 3. The average molecular weight is 361 g/mol. The Bertz CT molecular complexity index is 699. The number of imide groups is 1. The Morgan fingerprint density at radius 3 is 2.36 bits per heavy atom. The van der Waals surface area contributed by atoms with E-state index in [2.05, 4.69) is 10.3 Å². The molecule has 1 aromatic rings. The van der Waals surface area contributed by atoms with Crippen molar-refractivity contribution in [3.8, 4) is 0 Å². The van der Waals surface area contributed by atoms with Gasteiger partial charge in [0.2, 0.25) is 17.7 Å². The predicted octanol–water partition coefficient (Wildman–Crippen LogP) is 2.76. The molecule has 3 unspecified atom stereocenters. The average Bonchev–Trinajstić information content (AvgIpc) is 3.08. The smallest absolute Gasteiger partial charge is 0.249 e. The first kappa shape index (κ1) is 17.8. The largest absolute Gasteiger partial charge is 0.300 e. The number of nitrogens with one attached hydrogen (secondary N) is 1. The molecule has 0 spiro atoms. The summed E-state index contributed by atoms with van der Waals surface area (Å²) in [6.45, 7) is 5.81. The molecule has 0 radical (unpaired) electrons. The van der Waals surface area contributed by atoms with E-state index >= 15 is 0 Å². The van der Waals surface area contributed by atoms with Crippen LogP contribution in [-0.2, 0) is 14.4 Å². The molecule has 1 N–H and O–H groups in total. The van der Waals surface area contributed by atoms with Crippen molar-refractivity contribution in [3.63, 3.8) is 0 Å². The third-order valence-electron chi connectivity index (χ3n) is 4.70. The number of fused-ring (bicyclic) bond motifs is 1. The molecule has 1 aromatic heterocycles. The van der Waals surface area contributed by atoms with Gasteiger partial charge in [0.1, 0.15) is 6.04 Å². The van der Waals surface area contributed by atoms with Gasteiger partial charge in [0, 0.05) is 5.38 Å². The van der Waals surface area contributed by atoms with Crippen molar-refractivity contribution in [3.05, 3.63) is 23.2 Å². The van der Waals surface area contributed by atoms with E-state index in [1.54, 1.807) is 0 Å². The number of anilines is 1. The highest BCUT2D eigenvalue weighted by molar-refractivity contribution is 7.13. The van der Waals surface area contributed by atoms with Crippen LogP contribution in [0.1, 0.15) is 38.8 Å². The third kappa shape index (κ3) is 3.51. The lowest BCUT2D eigenvalue weighted by molar-refractivity contribution is -0.147. The van der Waals surface area contributed by atoms with Gasteiger partial charge in [-0.2, -0.15) is 0 Å². The fourth-order valence-electron chi connectivity index (χ4n) is 3.51.